The van der Waals surface area contributed by atoms with Crippen molar-refractivity contribution in [2.24, 2.45) is 0 Å². The molecule has 0 radical (unpaired) electrons. The Bertz CT molecular complexity index is 1140. The minimum Gasteiger partial charge on any atom is -0.392 e. The van der Waals surface area contributed by atoms with Gasteiger partial charge in [-0.05, 0) is 41.5 Å². The lowest BCUT2D eigenvalue weighted by molar-refractivity contribution is 0.280. The van der Waals surface area contributed by atoms with Crippen LogP contribution in [0.25, 0.3) is 10.8 Å². The Kier molecular flexibility index (Phi) is 7.22. The van der Waals surface area contributed by atoms with Crippen molar-refractivity contribution in [1.82, 2.24) is 9.78 Å². The summed E-state index contributed by atoms with van der Waals surface area (Å²) < 4.78 is 1.45. The minimum atomic E-state index is -0.128. The van der Waals surface area contributed by atoms with Crippen molar-refractivity contribution in [3.05, 3.63) is 100 Å². The first kappa shape index (κ1) is 20.8. The van der Waals surface area contributed by atoms with E-state index in [0.29, 0.717) is 11.9 Å². The number of aliphatic hydroxyl groups is 1. The van der Waals surface area contributed by atoms with E-state index < -0.39 is 0 Å². The van der Waals surface area contributed by atoms with Crippen LogP contribution >= 0.6 is 11.8 Å². The van der Waals surface area contributed by atoms with Gasteiger partial charge in [-0.3, -0.25) is 4.79 Å². The van der Waals surface area contributed by atoms with Crippen molar-refractivity contribution in [2.45, 2.75) is 36.8 Å². The topological polar surface area (TPSA) is 55.1 Å². The van der Waals surface area contributed by atoms with Crippen LogP contribution in [0.15, 0.2) is 93.6 Å². The van der Waals surface area contributed by atoms with E-state index in [0.717, 1.165) is 26.3 Å². The molecule has 4 nitrogen and oxygen atoms in total. The Balaban J connectivity index is 0.00000117. The maximum absolute atomic E-state index is 12.8. The van der Waals surface area contributed by atoms with E-state index in [9.17, 15) is 9.90 Å². The second kappa shape index (κ2) is 10.0. The average Bonchev–Trinajstić information content (AvgIpc) is 2.78. The summed E-state index contributed by atoms with van der Waals surface area (Å²) in [7, 11) is 0. The zero-order chi connectivity index (χ0) is 20.6. The largest absolute Gasteiger partial charge is 0.392 e. The van der Waals surface area contributed by atoms with Gasteiger partial charge in [-0.25, -0.2) is 4.68 Å². The van der Waals surface area contributed by atoms with Crippen LogP contribution in [-0.4, -0.2) is 14.9 Å². The number of rotatable bonds is 5. The SMILES string of the molecule is CC.O=c1c2ccc(Sc3ccccc3)cc2cnn1Cc1ccccc1CO. The molecule has 1 heterocycles. The number of hydrogen-bond acceptors (Lipinski definition) is 4. The Morgan fingerprint density at radius 3 is 2.31 bits per heavy atom. The highest BCUT2D eigenvalue weighted by atomic mass is 32.2. The van der Waals surface area contributed by atoms with Gasteiger partial charge in [0, 0.05) is 15.2 Å². The molecule has 148 valence electrons. The normalized spacial score (nSPS) is 10.4. The van der Waals surface area contributed by atoms with Crippen LogP contribution in [0.2, 0.25) is 0 Å². The van der Waals surface area contributed by atoms with E-state index in [1.807, 2.05) is 74.5 Å². The number of aromatic nitrogens is 2. The first-order chi connectivity index (χ1) is 14.2. The molecule has 0 aliphatic carbocycles. The zero-order valence-corrected chi connectivity index (χ0v) is 17.4. The zero-order valence-electron chi connectivity index (χ0n) is 16.6. The summed E-state index contributed by atoms with van der Waals surface area (Å²) >= 11 is 1.66. The van der Waals surface area contributed by atoms with E-state index >= 15 is 0 Å². The van der Waals surface area contributed by atoms with Crippen LogP contribution in [0.1, 0.15) is 25.0 Å². The van der Waals surface area contributed by atoms with Gasteiger partial charge < -0.3 is 5.11 Å². The third-order valence-corrected chi connectivity index (χ3v) is 5.41. The van der Waals surface area contributed by atoms with Crippen LogP contribution < -0.4 is 5.56 Å². The summed E-state index contributed by atoms with van der Waals surface area (Å²) in [5.41, 5.74) is 1.57. The van der Waals surface area contributed by atoms with E-state index in [1.54, 1.807) is 18.0 Å². The predicted molar refractivity (Wildman–Crippen MR) is 119 cm³/mol. The lowest BCUT2D eigenvalue weighted by Gasteiger charge is -2.10. The third-order valence-electron chi connectivity index (χ3n) is 4.41. The predicted octanol–water partition coefficient (Wildman–Crippen LogP) is 5.11. The molecule has 0 spiro atoms. The highest BCUT2D eigenvalue weighted by Crippen LogP contribution is 2.29. The minimum absolute atomic E-state index is 0.0570. The molecule has 1 aromatic heterocycles. The second-order valence-corrected chi connectivity index (χ2v) is 7.35. The molecule has 4 aromatic rings. The highest BCUT2D eigenvalue weighted by Gasteiger charge is 2.08. The molecule has 0 saturated carbocycles. The quantitative estimate of drug-likeness (QED) is 0.502. The highest BCUT2D eigenvalue weighted by molar-refractivity contribution is 7.99. The van der Waals surface area contributed by atoms with Crippen LogP contribution in [0.5, 0.6) is 0 Å². The Labute approximate surface area is 174 Å². The fraction of sp³-hybridized carbons (Fsp3) is 0.167. The summed E-state index contributed by atoms with van der Waals surface area (Å²) in [5, 5.41) is 15.3. The van der Waals surface area contributed by atoms with E-state index in [-0.39, 0.29) is 12.2 Å². The van der Waals surface area contributed by atoms with Gasteiger partial charge in [-0.1, -0.05) is 68.1 Å². The van der Waals surface area contributed by atoms with Crippen molar-refractivity contribution in [3.8, 4) is 0 Å². The number of hydrogen-bond donors (Lipinski definition) is 1. The van der Waals surface area contributed by atoms with Gasteiger partial charge in [-0.2, -0.15) is 5.10 Å². The Morgan fingerprint density at radius 1 is 0.897 bits per heavy atom. The van der Waals surface area contributed by atoms with Gasteiger partial charge in [0.15, 0.2) is 0 Å². The molecule has 0 aliphatic heterocycles. The summed E-state index contributed by atoms with van der Waals surface area (Å²) in [6.07, 6.45) is 1.73. The lowest BCUT2D eigenvalue weighted by Crippen LogP contribution is -2.23. The van der Waals surface area contributed by atoms with Gasteiger partial charge in [0.05, 0.1) is 24.7 Å². The van der Waals surface area contributed by atoms with Gasteiger partial charge in [0.1, 0.15) is 0 Å². The molecule has 29 heavy (non-hydrogen) atoms. The Morgan fingerprint density at radius 2 is 1.59 bits per heavy atom. The number of benzene rings is 3. The molecule has 4 rings (SSSR count). The van der Waals surface area contributed by atoms with Gasteiger partial charge >= 0.3 is 0 Å². The molecule has 0 fully saturated rings. The maximum Gasteiger partial charge on any atom is 0.274 e. The average molecular weight is 405 g/mol. The van der Waals surface area contributed by atoms with Gasteiger partial charge in [0.25, 0.3) is 5.56 Å². The maximum atomic E-state index is 12.8. The van der Waals surface area contributed by atoms with Crippen molar-refractivity contribution in [1.29, 1.82) is 0 Å². The molecule has 1 N–H and O–H groups in total. The summed E-state index contributed by atoms with van der Waals surface area (Å²) in [6, 6.07) is 23.5. The fourth-order valence-electron chi connectivity index (χ4n) is 2.99. The van der Waals surface area contributed by atoms with Crippen molar-refractivity contribution >= 4 is 22.5 Å². The monoisotopic (exact) mass is 404 g/mol. The van der Waals surface area contributed by atoms with Gasteiger partial charge in [0.2, 0.25) is 0 Å². The molecule has 3 aromatic carbocycles. The molecule has 0 saturated heterocycles. The Hall–Kier alpha value is -2.89. The molecule has 0 amide bonds. The molecule has 0 unspecified atom stereocenters. The fourth-order valence-corrected chi connectivity index (χ4v) is 3.88. The lowest BCUT2D eigenvalue weighted by atomic mass is 10.1. The first-order valence-corrected chi connectivity index (χ1v) is 10.5. The molecule has 0 atom stereocenters. The number of nitrogens with zero attached hydrogens (tertiary/aromatic N) is 2. The number of aliphatic hydroxyl groups excluding tert-OH is 1. The summed E-state index contributed by atoms with van der Waals surface area (Å²) in [5.74, 6) is 0. The van der Waals surface area contributed by atoms with Crippen LogP contribution in [-0.2, 0) is 13.2 Å². The van der Waals surface area contributed by atoms with Crippen molar-refractivity contribution in [3.63, 3.8) is 0 Å². The third kappa shape index (κ3) is 4.94. The van der Waals surface area contributed by atoms with Crippen molar-refractivity contribution < 1.29 is 5.11 Å². The van der Waals surface area contributed by atoms with Crippen molar-refractivity contribution in [2.75, 3.05) is 0 Å². The van der Waals surface area contributed by atoms with E-state index in [1.165, 1.54) is 4.68 Å². The van der Waals surface area contributed by atoms with Gasteiger partial charge in [-0.15, -0.1) is 0 Å². The van der Waals surface area contributed by atoms with E-state index in [2.05, 4.69) is 17.2 Å². The first-order valence-electron chi connectivity index (χ1n) is 9.65. The summed E-state index contributed by atoms with van der Waals surface area (Å²) in [4.78, 5) is 15.1. The van der Waals surface area contributed by atoms with Crippen LogP contribution in [0.4, 0.5) is 0 Å². The molecule has 0 aliphatic rings. The molecular formula is C24H24N2O2S. The summed E-state index contributed by atoms with van der Waals surface area (Å²) in [6.45, 7) is 4.28. The molecule has 5 heteroatoms. The second-order valence-electron chi connectivity index (χ2n) is 6.20. The number of fused-ring (bicyclic) bond motifs is 1. The van der Waals surface area contributed by atoms with Crippen LogP contribution in [0, 0.1) is 0 Å². The van der Waals surface area contributed by atoms with E-state index in [4.69, 9.17) is 0 Å². The molecule has 0 bridgehead atoms. The standard InChI is InChI=1S/C22H18N2O2S.C2H6/c25-15-17-7-5-4-6-16(17)14-24-22(26)21-11-10-20(12-18(21)13-23-24)27-19-8-2-1-3-9-19;1-2/h1-13,25H,14-15H2;1-2H3. The molecular weight excluding hydrogens is 380 g/mol. The van der Waals surface area contributed by atoms with Crippen LogP contribution in [0.3, 0.4) is 0 Å². The smallest absolute Gasteiger partial charge is 0.274 e.